The number of fused-ring (bicyclic) bond motifs is 1. The normalized spacial score (nSPS) is 15.9. The Morgan fingerprint density at radius 1 is 1.03 bits per heavy atom. The van der Waals surface area contributed by atoms with Crippen molar-refractivity contribution in [2.75, 3.05) is 17.7 Å². The molecule has 182 valence electrons. The number of ether oxygens (including phenoxy) is 2. The zero-order valence-corrected chi connectivity index (χ0v) is 20.3. The van der Waals surface area contributed by atoms with Crippen LogP contribution in [0.4, 0.5) is 16.2 Å². The lowest BCUT2D eigenvalue weighted by Gasteiger charge is -2.32. The molecule has 7 nitrogen and oxygen atoms in total. The molecule has 3 aromatic carbocycles. The number of hydrogen-bond acceptors (Lipinski definition) is 4. The maximum absolute atomic E-state index is 13.4. The minimum absolute atomic E-state index is 0.0234. The third-order valence-electron chi connectivity index (χ3n) is 6.13. The summed E-state index contributed by atoms with van der Waals surface area (Å²) in [5.41, 5.74) is 3.18. The fourth-order valence-electron chi connectivity index (χ4n) is 4.37. The Labute approximate surface area is 206 Å². The number of rotatable bonds is 7. The number of urea groups is 1. The van der Waals surface area contributed by atoms with Gasteiger partial charge in [-0.1, -0.05) is 50.2 Å². The van der Waals surface area contributed by atoms with Crippen molar-refractivity contribution in [2.45, 2.75) is 45.4 Å². The van der Waals surface area contributed by atoms with E-state index in [0.29, 0.717) is 35.8 Å². The molecule has 4 rings (SSSR count). The summed E-state index contributed by atoms with van der Waals surface area (Å²) in [4.78, 5) is 28.0. The Morgan fingerprint density at radius 3 is 2.46 bits per heavy atom. The Kier molecular flexibility index (Phi) is 7.55. The molecule has 0 unspecified atom stereocenters. The van der Waals surface area contributed by atoms with Gasteiger partial charge in [0.25, 0.3) is 5.91 Å². The molecule has 35 heavy (non-hydrogen) atoms. The van der Waals surface area contributed by atoms with Crippen LogP contribution < -0.4 is 20.1 Å². The second-order valence-electron chi connectivity index (χ2n) is 8.45. The number of hydrogen-bond donors (Lipinski definition) is 2. The van der Waals surface area contributed by atoms with Crippen molar-refractivity contribution in [2.24, 2.45) is 0 Å². The van der Waals surface area contributed by atoms with Gasteiger partial charge in [0.05, 0.1) is 19.7 Å². The number of nitrogens with one attached hydrogen (secondary N) is 2. The molecule has 2 N–H and O–H groups in total. The van der Waals surface area contributed by atoms with Crippen molar-refractivity contribution in [3.63, 3.8) is 0 Å². The molecule has 0 aromatic heterocycles. The molecule has 0 saturated carbocycles. The van der Waals surface area contributed by atoms with Gasteiger partial charge in [-0.3, -0.25) is 4.79 Å². The highest BCUT2D eigenvalue weighted by atomic mass is 16.5. The minimum atomic E-state index is -0.552. The molecule has 0 aliphatic carbocycles. The number of carbonyl (C=O) groups is 2. The summed E-state index contributed by atoms with van der Waals surface area (Å²) < 4.78 is 11.3. The van der Waals surface area contributed by atoms with E-state index in [-0.39, 0.29) is 18.0 Å². The summed E-state index contributed by atoms with van der Waals surface area (Å²) in [5, 5.41) is 5.69. The molecular weight excluding hydrogens is 442 g/mol. The summed E-state index contributed by atoms with van der Waals surface area (Å²) in [6.45, 7) is 4.43. The van der Waals surface area contributed by atoms with Crippen LogP contribution in [-0.4, -0.2) is 30.1 Å². The van der Waals surface area contributed by atoms with Crippen LogP contribution in [0.5, 0.6) is 11.5 Å². The number of benzene rings is 3. The van der Waals surface area contributed by atoms with Gasteiger partial charge in [0.2, 0.25) is 0 Å². The maximum Gasteiger partial charge on any atom is 0.323 e. The molecule has 1 aliphatic rings. The van der Waals surface area contributed by atoms with Crippen LogP contribution in [-0.2, 0) is 11.3 Å². The monoisotopic (exact) mass is 473 g/mol. The van der Waals surface area contributed by atoms with Crippen LogP contribution >= 0.6 is 0 Å². The first kappa shape index (κ1) is 24.1. The minimum Gasteiger partial charge on any atom is -0.497 e. The van der Waals surface area contributed by atoms with E-state index in [0.717, 1.165) is 17.5 Å². The van der Waals surface area contributed by atoms with Gasteiger partial charge in [-0.05, 0) is 48.7 Å². The summed E-state index contributed by atoms with van der Waals surface area (Å²) in [5.74, 6) is 1.29. The number of nitrogens with zero attached hydrogens (tertiary/aromatic N) is 1. The van der Waals surface area contributed by atoms with Gasteiger partial charge in [0.1, 0.15) is 11.5 Å². The predicted molar refractivity (Wildman–Crippen MR) is 137 cm³/mol. The lowest BCUT2D eigenvalue weighted by Crippen LogP contribution is -2.41. The zero-order chi connectivity index (χ0) is 24.8. The molecule has 3 aromatic rings. The van der Waals surface area contributed by atoms with Crippen molar-refractivity contribution in [3.8, 4) is 11.5 Å². The fraction of sp³-hybridized carbons (Fsp3) is 0.286. The number of amides is 3. The zero-order valence-electron chi connectivity index (χ0n) is 20.3. The third kappa shape index (κ3) is 5.57. The molecule has 2 atom stereocenters. The first-order chi connectivity index (χ1) is 17.0. The standard InChI is InChI=1S/C28H31N3O4/c1-4-24(19-10-7-6-8-11-19)31-18-20-16-22(14-15-26(20)35-25(5-2)27(31)32)30-28(33)29-21-12-9-13-23(17-21)34-3/h6-17,24-25H,4-5,18H2,1-3H3,(H2,29,30,33)/t24-,25+/m1/s1. The summed E-state index contributed by atoms with van der Waals surface area (Å²) in [7, 11) is 1.58. The first-order valence-corrected chi connectivity index (χ1v) is 11.9. The molecule has 0 radical (unpaired) electrons. The van der Waals surface area contributed by atoms with Gasteiger partial charge in [-0.25, -0.2) is 4.79 Å². The molecule has 1 heterocycles. The summed E-state index contributed by atoms with van der Waals surface area (Å²) in [6.07, 6.45) is 0.801. The number of methoxy groups -OCH3 is 1. The van der Waals surface area contributed by atoms with E-state index in [4.69, 9.17) is 9.47 Å². The van der Waals surface area contributed by atoms with E-state index >= 15 is 0 Å². The molecule has 0 fully saturated rings. The van der Waals surface area contributed by atoms with Gasteiger partial charge in [0, 0.05) is 23.0 Å². The highest BCUT2D eigenvalue weighted by Crippen LogP contribution is 2.35. The smallest absolute Gasteiger partial charge is 0.323 e. The van der Waals surface area contributed by atoms with E-state index in [1.165, 1.54) is 0 Å². The van der Waals surface area contributed by atoms with E-state index in [1.807, 2.05) is 48.2 Å². The van der Waals surface area contributed by atoms with Crippen LogP contribution in [0.15, 0.2) is 72.8 Å². The van der Waals surface area contributed by atoms with Crippen LogP contribution in [0.25, 0.3) is 0 Å². The number of carbonyl (C=O) groups excluding carboxylic acids is 2. The summed E-state index contributed by atoms with van der Waals surface area (Å²) >= 11 is 0. The molecule has 0 saturated heterocycles. The topological polar surface area (TPSA) is 79.9 Å². The highest BCUT2D eigenvalue weighted by Gasteiger charge is 2.34. The van der Waals surface area contributed by atoms with Crippen molar-refractivity contribution in [1.82, 2.24) is 4.90 Å². The van der Waals surface area contributed by atoms with E-state index in [2.05, 4.69) is 29.7 Å². The average Bonchev–Trinajstić information content (AvgIpc) is 3.01. The second-order valence-corrected chi connectivity index (χ2v) is 8.45. The van der Waals surface area contributed by atoms with Gasteiger partial charge < -0.3 is 25.0 Å². The third-order valence-corrected chi connectivity index (χ3v) is 6.13. The summed E-state index contributed by atoms with van der Waals surface area (Å²) in [6, 6.07) is 22.2. The van der Waals surface area contributed by atoms with Gasteiger partial charge in [0.15, 0.2) is 6.10 Å². The van der Waals surface area contributed by atoms with E-state index in [9.17, 15) is 9.59 Å². The highest BCUT2D eigenvalue weighted by molar-refractivity contribution is 6.00. The Balaban J connectivity index is 1.57. The average molecular weight is 474 g/mol. The van der Waals surface area contributed by atoms with E-state index in [1.54, 1.807) is 31.4 Å². The second kappa shape index (κ2) is 11.0. The SMILES string of the molecule is CC[C@@H]1Oc2ccc(NC(=O)Nc3cccc(OC)c3)cc2CN([C@H](CC)c2ccccc2)C1=O. The molecule has 0 bridgehead atoms. The molecule has 1 aliphatic heterocycles. The van der Waals surface area contributed by atoms with Crippen molar-refractivity contribution < 1.29 is 19.1 Å². The molecular formula is C28H31N3O4. The number of anilines is 2. The van der Waals surface area contributed by atoms with Crippen LogP contribution in [0.1, 0.15) is 43.9 Å². The predicted octanol–water partition coefficient (Wildman–Crippen LogP) is 5.99. The van der Waals surface area contributed by atoms with Gasteiger partial charge in [-0.15, -0.1) is 0 Å². The van der Waals surface area contributed by atoms with Crippen molar-refractivity contribution in [3.05, 3.63) is 83.9 Å². The van der Waals surface area contributed by atoms with Crippen LogP contribution in [0.2, 0.25) is 0 Å². The van der Waals surface area contributed by atoms with Crippen LogP contribution in [0, 0.1) is 0 Å². The van der Waals surface area contributed by atoms with E-state index < -0.39 is 6.10 Å². The lowest BCUT2D eigenvalue weighted by molar-refractivity contribution is -0.141. The molecule has 0 spiro atoms. The van der Waals surface area contributed by atoms with Crippen molar-refractivity contribution in [1.29, 1.82) is 0 Å². The van der Waals surface area contributed by atoms with Crippen LogP contribution in [0.3, 0.4) is 0 Å². The van der Waals surface area contributed by atoms with Gasteiger partial charge in [-0.2, -0.15) is 0 Å². The Morgan fingerprint density at radius 2 is 1.77 bits per heavy atom. The maximum atomic E-state index is 13.4. The first-order valence-electron chi connectivity index (χ1n) is 11.9. The molecule has 3 amide bonds. The molecule has 7 heteroatoms. The quantitative estimate of drug-likeness (QED) is 0.442. The Bertz CT molecular complexity index is 1180. The fourth-order valence-corrected chi connectivity index (χ4v) is 4.37. The van der Waals surface area contributed by atoms with Crippen molar-refractivity contribution >= 4 is 23.3 Å². The lowest BCUT2D eigenvalue weighted by atomic mass is 10.0. The Hall–Kier alpha value is -4.00. The largest absolute Gasteiger partial charge is 0.497 e. The van der Waals surface area contributed by atoms with Gasteiger partial charge >= 0.3 is 6.03 Å².